The zero-order valence-corrected chi connectivity index (χ0v) is 13.1. The number of rotatable bonds is 6. The van der Waals surface area contributed by atoms with Gasteiger partial charge in [0.1, 0.15) is 5.57 Å². The van der Waals surface area contributed by atoms with E-state index in [1.165, 1.54) is 13.1 Å². The molecule has 1 heterocycles. The molecule has 0 bridgehead atoms. The Balaban J connectivity index is 2.21. The summed E-state index contributed by atoms with van der Waals surface area (Å²) in [7, 11) is 0. The van der Waals surface area contributed by atoms with Crippen LogP contribution < -0.4 is 5.32 Å². The van der Waals surface area contributed by atoms with Crippen molar-refractivity contribution in [3.8, 4) is 11.1 Å². The third kappa shape index (κ3) is 4.51. The molecule has 0 amide bonds. The zero-order valence-electron chi connectivity index (χ0n) is 13.1. The Hall–Kier alpha value is -2.95. The number of nitrogens with one attached hydrogen (secondary N) is 1. The maximum Gasteiger partial charge on any atom is 0.343 e. The van der Waals surface area contributed by atoms with Crippen LogP contribution in [0.15, 0.2) is 60.6 Å². The molecule has 0 spiro atoms. The molecule has 2 rings (SSSR count). The molecule has 0 saturated heterocycles. The standard InChI is InChI=1S/C18H18N2O3/c1-3-23-18(22)17(13(2)21)12-20-16-8-4-6-14(10-16)15-7-5-9-19-11-15/h4-12,20H,3H2,1-2H3/b17-12-. The summed E-state index contributed by atoms with van der Waals surface area (Å²) in [6.07, 6.45) is 4.87. The SMILES string of the molecule is CCOC(=O)/C(=C\Nc1cccc(-c2cccnc2)c1)C(C)=O. The summed E-state index contributed by atoms with van der Waals surface area (Å²) < 4.78 is 4.87. The molecule has 0 unspecified atom stereocenters. The normalized spacial score (nSPS) is 11.0. The number of ether oxygens (including phenoxy) is 1. The third-order valence-electron chi connectivity index (χ3n) is 3.12. The van der Waals surface area contributed by atoms with Crippen LogP contribution in [0.25, 0.3) is 11.1 Å². The second kappa shape index (κ2) is 7.89. The highest BCUT2D eigenvalue weighted by Crippen LogP contribution is 2.21. The Morgan fingerprint density at radius 1 is 1.22 bits per heavy atom. The first kappa shape index (κ1) is 16.4. The number of nitrogens with zero attached hydrogens (tertiary/aromatic N) is 1. The number of pyridine rings is 1. The van der Waals surface area contributed by atoms with Crippen molar-refractivity contribution in [2.45, 2.75) is 13.8 Å². The number of Topliss-reactive ketones (excluding diaryl/α,β-unsaturated/α-hetero) is 1. The fourth-order valence-electron chi connectivity index (χ4n) is 1.99. The molecule has 0 aliphatic carbocycles. The summed E-state index contributed by atoms with van der Waals surface area (Å²) in [4.78, 5) is 27.4. The van der Waals surface area contributed by atoms with Crippen LogP contribution in [0.5, 0.6) is 0 Å². The van der Waals surface area contributed by atoms with E-state index in [2.05, 4.69) is 10.3 Å². The molecule has 0 aliphatic heterocycles. The van der Waals surface area contributed by atoms with Gasteiger partial charge in [0.05, 0.1) is 6.61 Å². The van der Waals surface area contributed by atoms with Crippen molar-refractivity contribution < 1.29 is 14.3 Å². The Labute approximate surface area is 135 Å². The number of esters is 1. The molecule has 23 heavy (non-hydrogen) atoms. The Morgan fingerprint density at radius 2 is 2.00 bits per heavy atom. The van der Waals surface area contributed by atoms with Gasteiger partial charge < -0.3 is 10.1 Å². The van der Waals surface area contributed by atoms with Gasteiger partial charge in [-0.15, -0.1) is 0 Å². The van der Waals surface area contributed by atoms with Crippen molar-refractivity contribution in [2.24, 2.45) is 0 Å². The van der Waals surface area contributed by atoms with Crippen molar-refractivity contribution in [3.05, 3.63) is 60.6 Å². The van der Waals surface area contributed by atoms with Crippen molar-refractivity contribution >= 4 is 17.4 Å². The van der Waals surface area contributed by atoms with Gasteiger partial charge in [0, 0.05) is 29.8 Å². The average molecular weight is 310 g/mol. The summed E-state index contributed by atoms with van der Waals surface area (Å²) in [6.45, 7) is 3.25. The predicted octanol–water partition coefficient (Wildman–Crippen LogP) is 3.20. The van der Waals surface area contributed by atoms with Gasteiger partial charge in [-0.2, -0.15) is 0 Å². The molecule has 0 atom stereocenters. The first-order valence-electron chi connectivity index (χ1n) is 7.27. The molecule has 0 aliphatic rings. The maximum atomic E-state index is 11.7. The third-order valence-corrected chi connectivity index (χ3v) is 3.12. The highest BCUT2D eigenvalue weighted by molar-refractivity contribution is 6.16. The molecular weight excluding hydrogens is 292 g/mol. The van der Waals surface area contributed by atoms with E-state index in [0.29, 0.717) is 0 Å². The van der Waals surface area contributed by atoms with Crippen molar-refractivity contribution in [1.82, 2.24) is 4.98 Å². The average Bonchev–Trinajstić information content (AvgIpc) is 2.56. The monoisotopic (exact) mass is 310 g/mol. The van der Waals surface area contributed by atoms with E-state index in [1.54, 1.807) is 19.3 Å². The topological polar surface area (TPSA) is 68.3 Å². The second-order valence-corrected chi connectivity index (χ2v) is 4.80. The second-order valence-electron chi connectivity index (χ2n) is 4.80. The molecule has 0 saturated carbocycles. The van der Waals surface area contributed by atoms with E-state index >= 15 is 0 Å². The molecular formula is C18H18N2O3. The lowest BCUT2D eigenvalue weighted by Crippen LogP contribution is -2.15. The molecule has 5 heteroatoms. The van der Waals surface area contributed by atoms with Crippen LogP contribution in [-0.2, 0) is 14.3 Å². The van der Waals surface area contributed by atoms with E-state index in [9.17, 15) is 9.59 Å². The quantitative estimate of drug-likeness (QED) is 0.384. The maximum absolute atomic E-state index is 11.7. The lowest BCUT2D eigenvalue weighted by atomic mass is 10.1. The number of carbonyl (C=O) groups excluding carboxylic acids is 2. The number of hydrogen-bond acceptors (Lipinski definition) is 5. The Kier molecular flexibility index (Phi) is 5.63. The van der Waals surface area contributed by atoms with Crippen molar-refractivity contribution in [1.29, 1.82) is 0 Å². The van der Waals surface area contributed by atoms with Gasteiger partial charge in [-0.3, -0.25) is 9.78 Å². The number of aromatic nitrogens is 1. The van der Waals surface area contributed by atoms with E-state index in [0.717, 1.165) is 16.8 Å². The fraction of sp³-hybridized carbons (Fsp3) is 0.167. The molecule has 2 aromatic rings. The van der Waals surface area contributed by atoms with Crippen LogP contribution in [0, 0.1) is 0 Å². The molecule has 118 valence electrons. The summed E-state index contributed by atoms with van der Waals surface area (Å²) in [5.41, 5.74) is 2.71. The van der Waals surface area contributed by atoms with Crippen LogP contribution in [0.4, 0.5) is 5.69 Å². The van der Waals surface area contributed by atoms with Gasteiger partial charge in [0.25, 0.3) is 0 Å². The van der Waals surface area contributed by atoms with Gasteiger partial charge in [0.2, 0.25) is 0 Å². The summed E-state index contributed by atoms with van der Waals surface area (Å²) >= 11 is 0. The van der Waals surface area contributed by atoms with Crippen LogP contribution >= 0.6 is 0 Å². The van der Waals surface area contributed by atoms with E-state index < -0.39 is 5.97 Å². The lowest BCUT2D eigenvalue weighted by Gasteiger charge is -2.07. The number of hydrogen-bond donors (Lipinski definition) is 1. The zero-order chi connectivity index (χ0) is 16.7. The number of carbonyl (C=O) groups is 2. The Morgan fingerprint density at radius 3 is 2.65 bits per heavy atom. The van der Waals surface area contributed by atoms with Crippen molar-refractivity contribution in [3.63, 3.8) is 0 Å². The predicted molar refractivity (Wildman–Crippen MR) is 88.7 cm³/mol. The molecule has 1 N–H and O–H groups in total. The highest BCUT2D eigenvalue weighted by Gasteiger charge is 2.15. The number of anilines is 1. The fourth-order valence-corrected chi connectivity index (χ4v) is 1.99. The van der Waals surface area contributed by atoms with Gasteiger partial charge in [-0.1, -0.05) is 18.2 Å². The molecule has 0 fully saturated rings. The lowest BCUT2D eigenvalue weighted by molar-refractivity contribution is -0.139. The minimum Gasteiger partial charge on any atom is -0.462 e. The first-order chi connectivity index (χ1) is 11.1. The number of benzene rings is 1. The van der Waals surface area contributed by atoms with Crippen molar-refractivity contribution in [2.75, 3.05) is 11.9 Å². The van der Waals surface area contributed by atoms with Crippen LogP contribution in [0.3, 0.4) is 0 Å². The smallest absolute Gasteiger partial charge is 0.343 e. The Bertz CT molecular complexity index is 724. The minimum atomic E-state index is -0.629. The summed E-state index contributed by atoms with van der Waals surface area (Å²) in [5.74, 6) is -0.977. The summed E-state index contributed by atoms with van der Waals surface area (Å²) in [5, 5.41) is 2.97. The highest BCUT2D eigenvalue weighted by atomic mass is 16.5. The number of ketones is 1. The first-order valence-corrected chi connectivity index (χ1v) is 7.27. The van der Waals surface area contributed by atoms with E-state index in [-0.39, 0.29) is 18.0 Å². The largest absolute Gasteiger partial charge is 0.462 e. The van der Waals surface area contributed by atoms with Gasteiger partial charge in [-0.05, 0) is 37.6 Å². The van der Waals surface area contributed by atoms with Gasteiger partial charge in [0.15, 0.2) is 5.78 Å². The molecule has 1 aromatic carbocycles. The van der Waals surface area contributed by atoms with E-state index in [4.69, 9.17) is 4.74 Å². The van der Waals surface area contributed by atoms with E-state index in [1.807, 2.05) is 36.4 Å². The minimum absolute atomic E-state index is 0.0152. The molecule has 5 nitrogen and oxygen atoms in total. The van der Waals surface area contributed by atoms with Crippen LogP contribution in [0.2, 0.25) is 0 Å². The molecule has 0 radical (unpaired) electrons. The van der Waals surface area contributed by atoms with Gasteiger partial charge >= 0.3 is 5.97 Å². The summed E-state index contributed by atoms with van der Waals surface area (Å²) in [6, 6.07) is 11.4. The molecule has 1 aromatic heterocycles. The van der Waals surface area contributed by atoms with Crippen LogP contribution in [-0.4, -0.2) is 23.3 Å². The van der Waals surface area contributed by atoms with Gasteiger partial charge in [-0.25, -0.2) is 4.79 Å². The van der Waals surface area contributed by atoms with Crippen LogP contribution in [0.1, 0.15) is 13.8 Å².